The molecule has 0 bridgehead atoms. The first-order chi connectivity index (χ1) is 11.4. The number of rotatable bonds is 5. The van der Waals surface area contributed by atoms with Gasteiger partial charge >= 0.3 is 0 Å². The van der Waals surface area contributed by atoms with E-state index in [0.29, 0.717) is 18.0 Å². The number of ether oxygens (including phenoxy) is 1. The second-order valence-electron chi connectivity index (χ2n) is 5.43. The lowest BCUT2D eigenvalue weighted by Gasteiger charge is -2.06. The lowest BCUT2D eigenvalue weighted by molar-refractivity contribution is 0.187. The Morgan fingerprint density at radius 2 is 2.00 bits per heavy atom. The normalized spacial score (nSPS) is 13.0. The number of hydrogen-bond donors (Lipinski definition) is 0. The van der Waals surface area contributed by atoms with Crippen molar-refractivity contribution in [1.82, 2.24) is 4.57 Å². The van der Waals surface area contributed by atoms with Gasteiger partial charge in [-0.25, -0.2) is 0 Å². The number of methoxy groups -OCH3 is 1. The molecule has 8 heteroatoms. The van der Waals surface area contributed by atoms with Gasteiger partial charge in [-0.05, 0) is 48.6 Å². The van der Waals surface area contributed by atoms with Crippen LogP contribution in [0.15, 0.2) is 38.3 Å². The second-order valence-corrected chi connectivity index (χ2v) is 9.22. The molecule has 0 aliphatic rings. The largest absolute Gasteiger partial charge is 0.383 e. The molecule has 0 unspecified atom stereocenters. The van der Waals surface area contributed by atoms with Gasteiger partial charge in [0, 0.05) is 13.7 Å². The van der Waals surface area contributed by atoms with Gasteiger partial charge in [0.2, 0.25) is 4.80 Å². The van der Waals surface area contributed by atoms with Crippen LogP contribution in [0.3, 0.4) is 0 Å². The highest BCUT2D eigenvalue weighted by molar-refractivity contribution is 7.92. The molecule has 0 fully saturated rings. The summed E-state index contributed by atoms with van der Waals surface area (Å²) in [6, 6.07) is 7.44. The maximum Gasteiger partial charge on any atom is 0.294 e. The van der Waals surface area contributed by atoms with E-state index in [4.69, 9.17) is 4.74 Å². The summed E-state index contributed by atoms with van der Waals surface area (Å²) in [6.07, 6.45) is 0. The van der Waals surface area contributed by atoms with Crippen molar-refractivity contribution in [3.63, 3.8) is 0 Å². The van der Waals surface area contributed by atoms with Gasteiger partial charge in [-0.1, -0.05) is 17.4 Å². The van der Waals surface area contributed by atoms with Crippen LogP contribution in [0.1, 0.15) is 11.1 Å². The average molecular weight is 383 g/mol. The minimum absolute atomic E-state index is 0.255. The monoisotopic (exact) mass is 382 g/mol. The molecule has 0 N–H and O–H groups in total. The van der Waals surface area contributed by atoms with E-state index in [1.54, 1.807) is 24.6 Å². The Morgan fingerprint density at radius 1 is 1.25 bits per heavy atom. The highest BCUT2D eigenvalue weighted by atomic mass is 32.2. The third kappa shape index (κ3) is 3.32. The summed E-state index contributed by atoms with van der Waals surface area (Å²) < 4.78 is 37.5. The van der Waals surface area contributed by atoms with Crippen molar-refractivity contribution in [1.29, 1.82) is 0 Å². The molecule has 0 aliphatic carbocycles. The second kappa shape index (κ2) is 6.79. The van der Waals surface area contributed by atoms with E-state index in [2.05, 4.69) is 16.5 Å². The summed E-state index contributed by atoms with van der Waals surface area (Å²) in [5.74, 6) is 0. The Labute approximate surface area is 148 Å². The number of benzene rings is 1. The SMILES string of the molecule is COCCn1/c(=N/S(=O)(=O)c2cccs2)sc2cc(C)c(C)cc21. The number of aromatic nitrogens is 1. The average Bonchev–Trinajstić information content (AvgIpc) is 3.15. The van der Waals surface area contributed by atoms with E-state index < -0.39 is 10.0 Å². The van der Waals surface area contributed by atoms with Gasteiger partial charge in [-0.3, -0.25) is 0 Å². The Bertz CT molecular complexity index is 1030. The maximum absolute atomic E-state index is 12.5. The number of thiazole rings is 1. The summed E-state index contributed by atoms with van der Waals surface area (Å²) in [5.41, 5.74) is 3.33. The molecule has 0 radical (unpaired) electrons. The minimum Gasteiger partial charge on any atom is -0.383 e. The van der Waals surface area contributed by atoms with Gasteiger partial charge in [0.1, 0.15) is 4.21 Å². The van der Waals surface area contributed by atoms with Crippen LogP contribution in [-0.2, 0) is 21.3 Å². The zero-order valence-electron chi connectivity index (χ0n) is 13.6. The van der Waals surface area contributed by atoms with Crippen LogP contribution in [0.4, 0.5) is 0 Å². The van der Waals surface area contributed by atoms with E-state index in [1.165, 1.54) is 33.8 Å². The number of nitrogens with zero attached hydrogens (tertiary/aromatic N) is 2. The predicted molar refractivity (Wildman–Crippen MR) is 98.2 cm³/mol. The quantitative estimate of drug-likeness (QED) is 0.680. The third-order valence-corrected chi connectivity index (χ3v) is 7.56. The Morgan fingerprint density at radius 3 is 2.67 bits per heavy atom. The summed E-state index contributed by atoms with van der Waals surface area (Å²) in [5, 5.41) is 1.74. The molecule has 0 atom stereocenters. The molecule has 24 heavy (non-hydrogen) atoms. The predicted octanol–water partition coefficient (Wildman–Crippen LogP) is 3.32. The molecule has 0 saturated heterocycles. The number of fused-ring (bicyclic) bond motifs is 1. The molecule has 0 saturated carbocycles. The summed E-state index contributed by atoms with van der Waals surface area (Å²) in [4.78, 5) is 0.473. The summed E-state index contributed by atoms with van der Waals surface area (Å²) >= 11 is 2.56. The molecule has 3 aromatic rings. The van der Waals surface area contributed by atoms with Crippen LogP contribution in [0.2, 0.25) is 0 Å². The van der Waals surface area contributed by atoms with Gasteiger partial charge in [0.15, 0.2) is 0 Å². The van der Waals surface area contributed by atoms with Crippen molar-refractivity contribution < 1.29 is 13.2 Å². The highest BCUT2D eigenvalue weighted by Crippen LogP contribution is 2.23. The van der Waals surface area contributed by atoms with Crippen molar-refractivity contribution in [2.45, 2.75) is 24.6 Å². The van der Waals surface area contributed by atoms with Crippen molar-refractivity contribution >= 4 is 42.9 Å². The molecule has 5 nitrogen and oxygen atoms in total. The molecule has 0 amide bonds. The van der Waals surface area contributed by atoms with Crippen LogP contribution in [-0.4, -0.2) is 26.7 Å². The molecule has 0 spiro atoms. The first-order valence-electron chi connectivity index (χ1n) is 7.36. The summed E-state index contributed by atoms with van der Waals surface area (Å²) in [7, 11) is -2.06. The van der Waals surface area contributed by atoms with Gasteiger partial charge in [-0.2, -0.15) is 8.42 Å². The Kier molecular flexibility index (Phi) is 4.91. The topological polar surface area (TPSA) is 60.7 Å². The van der Waals surface area contributed by atoms with Crippen LogP contribution >= 0.6 is 22.7 Å². The maximum atomic E-state index is 12.5. The first-order valence-corrected chi connectivity index (χ1v) is 10.5. The van der Waals surface area contributed by atoms with E-state index in [-0.39, 0.29) is 4.21 Å². The fourth-order valence-electron chi connectivity index (χ4n) is 2.35. The molecule has 0 aliphatic heterocycles. The van der Waals surface area contributed by atoms with Gasteiger partial charge < -0.3 is 9.30 Å². The first kappa shape index (κ1) is 17.3. The number of sulfonamides is 1. The highest BCUT2D eigenvalue weighted by Gasteiger charge is 2.16. The Hall–Kier alpha value is -1.48. The van der Waals surface area contributed by atoms with Crippen LogP contribution in [0.5, 0.6) is 0 Å². The smallest absolute Gasteiger partial charge is 0.294 e. The van der Waals surface area contributed by atoms with Crippen molar-refractivity contribution in [2.24, 2.45) is 4.40 Å². The fourth-order valence-corrected chi connectivity index (χ4v) is 5.66. The Balaban J connectivity index is 2.25. The van der Waals surface area contributed by atoms with Crippen LogP contribution in [0, 0.1) is 13.8 Å². The molecular weight excluding hydrogens is 364 g/mol. The molecule has 2 aromatic heterocycles. The van der Waals surface area contributed by atoms with Crippen molar-refractivity contribution in [3.8, 4) is 0 Å². The van der Waals surface area contributed by atoms with Crippen LogP contribution in [0.25, 0.3) is 10.2 Å². The minimum atomic E-state index is -3.69. The molecule has 2 heterocycles. The summed E-state index contributed by atoms with van der Waals surface area (Å²) in [6.45, 7) is 5.14. The third-order valence-electron chi connectivity index (χ3n) is 3.76. The standard InChI is InChI=1S/C16H18N2O3S3/c1-11-9-13-14(10-12(11)2)23-16(18(13)6-7-21-3)17-24(19,20)15-5-4-8-22-15/h4-5,8-10H,6-7H2,1-3H3/b17-16-. The fraction of sp³-hybridized carbons (Fsp3) is 0.312. The van der Waals surface area contributed by atoms with E-state index in [9.17, 15) is 8.42 Å². The van der Waals surface area contributed by atoms with E-state index in [0.717, 1.165) is 10.2 Å². The van der Waals surface area contributed by atoms with E-state index in [1.807, 2.05) is 18.4 Å². The van der Waals surface area contributed by atoms with Gasteiger partial charge in [0.25, 0.3) is 10.0 Å². The molecule has 1 aromatic carbocycles. The lowest BCUT2D eigenvalue weighted by Crippen LogP contribution is -2.19. The zero-order chi connectivity index (χ0) is 17.3. The lowest BCUT2D eigenvalue weighted by atomic mass is 10.1. The number of thiophene rings is 1. The van der Waals surface area contributed by atoms with Crippen molar-refractivity contribution in [2.75, 3.05) is 13.7 Å². The molecular formula is C16H18N2O3S3. The number of hydrogen-bond acceptors (Lipinski definition) is 5. The van der Waals surface area contributed by atoms with Crippen molar-refractivity contribution in [3.05, 3.63) is 45.6 Å². The van der Waals surface area contributed by atoms with Gasteiger partial charge in [0.05, 0.1) is 16.8 Å². The van der Waals surface area contributed by atoms with Gasteiger partial charge in [-0.15, -0.1) is 15.7 Å². The molecule has 3 rings (SSSR count). The number of aryl methyl sites for hydroxylation is 2. The molecule has 128 valence electrons. The van der Waals surface area contributed by atoms with Crippen LogP contribution < -0.4 is 4.80 Å². The van der Waals surface area contributed by atoms with E-state index >= 15 is 0 Å². The zero-order valence-corrected chi connectivity index (χ0v) is 16.1.